The third-order valence-electron chi connectivity index (χ3n) is 6.09. The number of hydrogen-bond acceptors (Lipinski definition) is 5. The normalized spacial score (nSPS) is 13.1. The van der Waals surface area contributed by atoms with E-state index in [1.165, 1.54) is 16.7 Å². The zero-order chi connectivity index (χ0) is 25.4. The Morgan fingerprint density at radius 3 is 2.64 bits per heavy atom. The van der Waals surface area contributed by atoms with Gasteiger partial charge in [-0.05, 0) is 60.5 Å². The summed E-state index contributed by atoms with van der Waals surface area (Å²) in [5.41, 5.74) is 1.15. The van der Waals surface area contributed by atoms with Gasteiger partial charge in [0.1, 0.15) is 5.82 Å². The minimum absolute atomic E-state index is 0.0311. The van der Waals surface area contributed by atoms with Gasteiger partial charge in [-0.15, -0.1) is 0 Å². The Kier molecular flexibility index (Phi) is 5.92. The van der Waals surface area contributed by atoms with Crippen molar-refractivity contribution in [2.75, 3.05) is 16.2 Å². The molecule has 1 aromatic heterocycles. The summed E-state index contributed by atoms with van der Waals surface area (Å²) in [6, 6.07) is 16.3. The van der Waals surface area contributed by atoms with Crippen LogP contribution >= 0.6 is 0 Å². The molecule has 36 heavy (non-hydrogen) atoms. The molecule has 2 N–H and O–H groups in total. The van der Waals surface area contributed by atoms with Gasteiger partial charge < -0.3 is 4.90 Å². The number of fused-ring (bicyclic) bond motifs is 2. The maximum Gasteiger partial charge on any atom is 0.328 e. The van der Waals surface area contributed by atoms with Crippen molar-refractivity contribution in [3.05, 3.63) is 98.9 Å². The van der Waals surface area contributed by atoms with Crippen LogP contribution in [0.25, 0.3) is 10.9 Å². The van der Waals surface area contributed by atoms with Crippen molar-refractivity contribution >= 4 is 38.2 Å². The van der Waals surface area contributed by atoms with Gasteiger partial charge in [-0.2, -0.15) is 0 Å². The first-order valence-corrected chi connectivity index (χ1v) is 12.6. The van der Waals surface area contributed by atoms with Crippen LogP contribution in [-0.2, 0) is 27.8 Å². The molecule has 0 unspecified atom stereocenters. The quantitative estimate of drug-likeness (QED) is 0.415. The zero-order valence-corrected chi connectivity index (χ0v) is 19.7. The molecule has 2 heterocycles. The molecule has 0 aliphatic carbocycles. The first-order valence-electron chi connectivity index (χ1n) is 11.2. The molecule has 1 amide bonds. The van der Waals surface area contributed by atoms with Gasteiger partial charge in [0.05, 0.1) is 15.8 Å². The van der Waals surface area contributed by atoms with Crippen molar-refractivity contribution < 1.29 is 17.6 Å². The molecular weight excluding hydrogens is 487 g/mol. The number of anilines is 2. The van der Waals surface area contributed by atoms with Crippen LogP contribution in [0.15, 0.2) is 81.2 Å². The monoisotopic (exact) mass is 508 g/mol. The molecular formula is C25H21FN4O5S. The van der Waals surface area contributed by atoms with Crippen molar-refractivity contribution in [1.29, 1.82) is 0 Å². The second-order valence-corrected chi connectivity index (χ2v) is 10.1. The number of aromatic nitrogens is 2. The first kappa shape index (κ1) is 23.5. The number of aryl methyl sites for hydroxylation is 1. The number of para-hydroxylation sites is 1. The Balaban J connectivity index is 1.32. The van der Waals surface area contributed by atoms with Gasteiger partial charge in [-0.1, -0.05) is 18.2 Å². The lowest BCUT2D eigenvalue weighted by Gasteiger charge is -2.18. The second-order valence-electron chi connectivity index (χ2n) is 8.38. The lowest BCUT2D eigenvalue weighted by Crippen LogP contribution is -2.34. The van der Waals surface area contributed by atoms with Crippen LogP contribution in [0.5, 0.6) is 0 Å². The number of halogens is 1. The number of rotatable bonds is 6. The molecule has 5 rings (SSSR count). The molecule has 0 saturated carbocycles. The third-order valence-corrected chi connectivity index (χ3v) is 7.47. The van der Waals surface area contributed by atoms with Gasteiger partial charge in [-0.3, -0.25) is 23.9 Å². The minimum Gasteiger partial charge on any atom is -0.312 e. The van der Waals surface area contributed by atoms with E-state index in [1.54, 1.807) is 47.4 Å². The molecule has 0 bridgehead atoms. The van der Waals surface area contributed by atoms with Gasteiger partial charge in [0, 0.05) is 30.9 Å². The van der Waals surface area contributed by atoms with Crippen LogP contribution in [0.1, 0.15) is 12.0 Å². The lowest BCUT2D eigenvalue weighted by molar-refractivity contribution is -0.118. The van der Waals surface area contributed by atoms with Gasteiger partial charge in [-0.25, -0.2) is 17.6 Å². The highest BCUT2D eigenvalue weighted by molar-refractivity contribution is 7.92. The highest BCUT2D eigenvalue weighted by atomic mass is 32.2. The van der Waals surface area contributed by atoms with Crippen LogP contribution in [0.4, 0.5) is 15.8 Å². The summed E-state index contributed by atoms with van der Waals surface area (Å²) in [4.78, 5) is 41.1. The Hall–Kier alpha value is -4.25. The largest absolute Gasteiger partial charge is 0.328 e. The van der Waals surface area contributed by atoms with E-state index in [-0.39, 0.29) is 23.8 Å². The molecule has 184 valence electrons. The molecule has 3 aromatic carbocycles. The van der Waals surface area contributed by atoms with Crippen LogP contribution in [0.2, 0.25) is 0 Å². The van der Waals surface area contributed by atoms with Crippen LogP contribution in [0.3, 0.4) is 0 Å². The fourth-order valence-electron chi connectivity index (χ4n) is 4.38. The molecule has 4 aromatic rings. The Labute approximate surface area is 204 Å². The topological polar surface area (TPSA) is 121 Å². The summed E-state index contributed by atoms with van der Waals surface area (Å²) in [6.45, 7) is 0.502. The number of amides is 1. The molecule has 0 spiro atoms. The van der Waals surface area contributed by atoms with E-state index in [4.69, 9.17) is 0 Å². The lowest BCUT2D eigenvalue weighted by atomic mass is 10.1. The number of carbonyl (C=O) groups excluding carboxylic acids is 1. The number of aromatic amines is 1. The number of nitrogens with one attached hydrogen (secondary N) is 2. The summed E-state index contributed by atoms with van der Waals surface area (Å²) in [5.74, 6) is -0.859. The van der Waals surface area contributed by atoms with E-state index < -0.39 is 27.1 Å². The van der Waals surface area contributed by atoms with Crippen LogP contribution in [0, 0.1) is 5.82 Å². The fraction of sp³-hybridized carbons (Fsp3) is 0.160. The zero-order valence-electron chi connectivity index (χ0n) is 18.9. The minimum atomic E-state index is -3.98. The van der Waals surface area contributed by atoms with Crippen LogP contribution in [-0.4, -0.2) is 30.4 Å². The summed E-state index contributed by atoms with van der Waals surface area (Å²) in [7, 11) is -3.98. The van der Waals surface area contributed by atoms with Crippen molar-refractivity contribution in [3.8, 4) is 0 Å². The predicted octanol–water partition coefficient (Wildman–Crippen LogP) is 2.61. The maximum absolute atomic E-state index is 13.5. The van der Waals surface area contributed by atoms with Gasteiger partial charge in [0.25, 0.3) is 15.6 Å². The molecule has 0 saturated heterocycles. The summed E-state index contributed by atoms with van der Waals surface area (Å²) >= 11 is 0. The smallest absolute Gasteiger partial charge is 0.312 e. The van der Waals surface area contributed by atoms with E-state index in [9.17, 15) is 27.2 Å². The van der Waals surface area contributed by atoms with Crippen molar-refractivity contribution in [3.63, 3.8) is 0 Å². The van der Waals surface area contributed by atoms with Crippen LogP contribution < -0.4 is 20.9 Å². The number of H-pyrrole nitrogens is 1. The molecule has 1 aliphatic rings. The van der Waals surface area contributed by atoms with E-state index in [1.807, 2.05) is 0 Å². The molecule has 1 aliphatic heterocycles. The van der Waals surface area contributed by atoms with Gasteiger partial charge >= 0.3 is 5.69 Å². The SMILES string of the molecule is O=C(CCn1c(=O)[nH]c(=O)c2ccccc21)N1CCc2cc(NS(=O)(=O)c3cccc(F)c3)ccc21. The summed E-state index contributed by atoms with van der Waals surface area (Å²) in [5, 5.41) is 0.365. The number of benzene rings is 3. The standard InChI is InChI=1S/C25H21FN4O5S/c26-17-4-3-5-19(15-17)36(34,35)28-18-8-9-21-16(14-18)10-12-29(21)23(31)11-13-30-22-7-2-1-6-20(22)24(32)27-25(30)33/h1-9,14-15,28H,10-13H2,(H,27,32,33). The molecule has 0 radical (unpaired) electrons. The molecule has 9 nitrogen and oxygen atoms in total. The highest BCUT2D eigenvalue weighted by Gasteiger charge is 2.25. The average Bonchev–Trinajstić information content (AvgIpc) is 3.27. The fourth-order valence-corrected chi connectivity index (χ4v) is 5.46. The van der Waals surface area contributed by atoms with E-state index in [0.717, 1.165) is 17.7 Å². The predicted molar refractivity (Wildman–Crippen MR) is 133 cm³/mol. The van der Waals surface area contributed by atoms with Crippen molar-refractivity contribution in [1.82, 2.24) is 9.55 Å². The maximum atomic E-state index is 13.5. The van der Waals surface area contributed by atoms with E-state index in [2.05, 4.69) is 9.71 Å². The van der Waals surface area contributed by atoms with E-state index >= 15 is 0 Å². The van der Waals surface area contributed by atoms with Gasteiger partial charge in [0.2, 0.25) is 5.91 Å². The third kappa shape index (κ3) is 4.40. The number of hydrogen-bond donors (Lipinski definition) is 2. The highest BCUT2D eigenvalue weighted by Crippen LogP contribution is 2.32. The van der Waals surface area contributed by atoms with Gasteiger partial charge in [0.15, 0.2) is 0 Å². The summed E-state index contributed by atoms with van der Waals surface area (Å²) < 4.78 is 42.5. The Morgan fingerprint density at radius 1 is 1.03 bits per heavy atom. The van der Waals surface area contributed by atoms with Crippen molar-refractivity contribution in [2.24, 2.45) is 0 Å². The first-order chi connectivity index (χ1) is 17.2. The Bertz CT molecular complexity index is 1730. The van der Waals surface area contributed by atoms with Crippen molar-refractivity contribution in [2.45, 2.75) is 24.3 Å². The van der Waals surface area contributed by atoms with E-state index in [0.29, 0.717) is 35.2 Å². The second kappa shape index (κ2) is 9.08. The average molecular weight is 509 g/mol. The molecule has 0 fully saturated rings. The number of sulfonamides is 1. The summed E-state index contributed by atoms with van der Waals surface area (Å²) in [6.07, 6.45) is 0.557. The number of carbonyl (C=O) groups is 1. The molecule has 11 heteroatoms. The Morgan fingerprint density at radius 2 is 1.83 bits per heavy atom. The number of nitrogens with zero attached hydrogens (tertiary/aromatic N) is 2. The molecule has 0 atom stereocenters.